The van der Waals surface area contributed by atoms with Crippen molar-refractivity contribution in [1.29, 1.82) is 0 Å². The molecule has 4 rings (SSSR count). The first-order chi connectivity index (χ1) is 15.9. The van der Waals surface area contributed by atoms with E-state index in [1.54, 1.807) is 18.2 Å². The Balaban J connectivity index is 1.63. The van der Waals surface area contributed by atoms with Crippen LogP contribution in [0.25, 0.3) is 0 Å². The van der Waals surface area contributed by atoms with Gasteiger partial charge < -0.3 is 15.5 Å². The second kappa shape index (κ2) is 9.90. The Morgan fingerprint density at radius 2 is 1.70 bits per heavy atom. The van der Waals surface area contributed by atoms with E-state index in [0.717, 1.165) is 37.2 Å². The predicted octanol–water partition coefficient (Wildman–Crippen LogP) is 5.34. The van der Waals surface area contributed by atoms with E-state index in [-0.39, 0.29) is 17.9 Å². The van der Waals surface area contributed by atoms with Crippen LogP contribution in [0.1, 0.15) is 57.7 Å². The highest BCUT2D eigenvalue weighted by atomic mass is 16.2. The predicted molar refractivity (Wildman–Crippen MR) is 134 cm³/mol. The number of carbonyl (C=O) groups excluding carboxylic acids is 2. The highest BCUT2D eigenvalue weighted by molar-refractivity contribution is 6.06. The minimum Gasteiger partial charge on any atom is -0.366 e. The van der Waals surface area contributed by atoms with Crippen LogP contribution in [-0.2, 0) is 13.0 Å². The van der Waals surface area contributed by atoms with Gasteiger partial charge in [0.2, 0.25) is 0 Å². The summed E-state index contributed by atoms with van der Waals surface area (Å²) in [6.45, 7) is 7.63. The first-order valence-electron chi connectivity index (χ1n) is 11.6. The molecule has 1 atom stereocenters. The largest absolute Gasteiger partial charge is 0.366 e. The third-order valence-corrected chi connectivity index (χ3v) is 6.27. The van der Waals surface area contributed by atoms with Crippen molar-refractivity contribution in [3.63, 3.8) is 0 Å². The van der Waals surface area contributed by atoms with Crippen molar-refractivity contribution in [3.8, 4) is 0 Å². The Morgan fingerprint density at radius 3 is 2.42 bits per heavy atom. The van der Waals surface area contributed by atoms with Crippen LogP contribution in [0, 0.1) is 6.92 Å². The van der Waals surface area contributed by atoms with E-state index in [9.17, 15) is 9.59 Å². The molecule has 1 aliphatic heterocycles. The van der Waals surface area contributed by atoms with E-state index in [4.69, 9.17) is 0 Å². The van der Waals surface area contributed by atoms with E-state index in [0.29, 0.717) is 16.8 Å². The van der Waals surface area contributed by atoms with Crippen molar-refractivity contribution in [1.82, 2.24) is 5.32 Å². The minimum atomic E-state index is -0.192. The second-order valence-electron chi connectivity index (χ2n) is 8.78. The van der Waals surface area contributed by atoms with Gasteiger partial charge in [0, 0.05) is 36.1 Å². The molecular formula is C28H31N3O2. The number of nitrogens with one attached hydrogen (secondary N) is 2. The Morgan fingerprint density at radius 1 is 0.970 bits per heavy atom. The van der Waals surface area contributed by atoms with Gasteiger partial charge in [0.05, 0.1) is 5.56 Å². The lowest BCUT2D eigenvalue weighted by molar-refractivity contribution is 0.0938. The minimum absolute atomic E-state index is 0.0678. The standard InChI is InChI=1S/C28H31N3O2/c1-4-20(3)29-28(33)25-17-24(30-27(32)22-11-9-19(2)10-12-22)13-14-26(25)31-16-15-21-7-5-6-8-23(21)18-31/h5-14,17,20H,4,15-16,18H2,1-3H3,(H,29,33)(H,30,32). The topological polar surface area (TPSA) is 61.4 Å². The van der Waals surface area contributed by atoms with Crippen molar-refractivity contribution in [3.05, 3.63) is 94.5 Å². The Bertz CT molecular complexity index is 1150. The summed E-state index contributed by atoms with van der Waals surface area (Å²) in [5.41, 5.74) is 6.41. The summed E-state index contributed by atoms with van der Waals surface area (Å²) < 4.78 is 0. The molecule has 0 spiro atoms. The first kappa shape index (κ1) is 22.6. The molecule has 33 heavy (non-hydrogen) atoms. The summed E-state index contributed by atoms with van der Waals surface area (Å²) in [5.74, 6) is -0.312. The quantitative estimate of drug-likeness (QED) is 0.543. The maximum Gasteiger partial charge on any atom is 0.255 e. The summed E-state index contributed by atoms with van der Waals surface area (Å²) in [4.78, 5) is 28.2. The van der Waals surface area contributed by atoms with Gasteiger partial charge in [0.15, 0.2) is 0 Å². The van der Waals surface area contributed by atoms with Gasteiger partial charge in [-0.3, -0.25) is 9.59 Å². The van der Waals surface area contributed by atoms with E-state index in [1.165, 1.54) is 11.1 Å². The third-order valence-electron chi connectivity index (χ3n) is 6.27. The molecule has 0 saturated carbocycles. The average Bonchev–Trinajstić information content (AvgIpc) is 2.84. The third kappa shape index (κ3) is 5.25. The fraction of sp³-hybridized carbons (Fsp3) is 0.286. The fourth-order valence-electron chi connectivity index (χ4n) is 4.08. The van der Waals surface area contributed by atoms with E-state index in [2.05, 4.69) is 39.8 Å². The molecule has 3 aromatic rings. The highest BCUT2D eigenvalue weighted by Crippen LogP contribution is 2.30. The van der Waals surface area contributed by atoms with E-state index < -0.39 is 0 Å². The maximum atomic E-state index is 13.2. The van der Waals surface area contributed by atoms with Gasteiger partial charge in [0.25, 0.3) is 11.8 Å². The van der Waals surface area contributed by atoms with Crippen molar-refractivity contribution >= 4 is 23.2 Å². The molecule has 2 amide bonds. The van der Waals surface area contributed by atoms with Crippen LogP contribution in [-0.4, -0.2) is 24.4 Å². The van der Waals surface area contributed by atoms with Gasteiger partial charge in [-0.15, -0.1) is 0 Å². The van der Waals surface area contributed by atoms with E-state index in [1.807, 2.05) is 45.0 Å². The molecule has 5 nitrogen and oxygen atoms in total. The lowest BCUT2D eigenvalue weighted by Crippen LogP contribution is -2.35. The highest BCUT2D eigenvalue weighted by Gasteiger charge is 2.22. The zero-order valence-electron chi connectivity index (χ0n) is 19.5. The van der Waals surface area contributed by atoms with Gasteiger partial charge in [-0.1, -0.05) is 48.9 Å². The monoisotopic (exact) mass is 441 g/mol. The van der Waals surface area contributed by atoms with Crippen molar-refractivity contribution in [2.45, 2.75) is 46.2 Å². The van der Waals surface area contributed by atoms with Crippen molar-refractivity contribution < 1.29 is 9.59 Å². The maximum absolute atomic E-state index is 13.2. The molecule has 170 valence electrons. The van der Waals surface area contributed by atoms with Crippen LogP contribution in [0.3, 0.4) is 0 Å². The fourth-order valence-corrected chi connectivity index (χ4v) is 4.08. The molecule has 0 radical (unpaired) electrons. The van der Waals surface area contributed by atoms with Crippen LogP contribution in [0.5, 0.6) is 0 Å². The van der Waals surface area contributed by atoms with Crippen LogP contribution in [0.4, 0.5) is 11.4 Å². The summed E-state index contributed by atoms with van der Waals surface area (Å²) in [6, 6.07) is 21.6. The second-order valence-corrected chi connectivity index (χ2v) is 8.78. The molecule has 0 fully saturated rings. The summed E-state index contributed by atoms with van der Waals surface area (Å²) in [7, 11) is 0. The first-order valence-corrected chi connectivity index (χ1v) is 11.6. The molecule has 0 aliphatic carbocycles. The zero-order valence-corrected chi connectivity index (χ0v) is 19.5. The molecule has 2 N–H and O–H groups in total. The van der Waals surface area contributed by atoms with E-state index >= 15 is 0 Å². The average molecular weight is 442 g/mol. The summed E-state index contributed by atoms with van der Waals surface area (Å²) in [5, 5.41) is 6.03. The van der Waals surface area contributed by atoms with Gasteiger partial charge in [-0.2, -0.15) is 0 Å². The van der Waals surface area contributed by atoms with Gasteiger partial charge in [-0.05, 0) is 68.1 Å². The molecule has 5 heteroatoms. The number of aryl methyl sites for hydroxylation is 1. The smallest absolute Gasteiger partial charge is 0.255 e. The molecule has 1 heterocycles. The molecule has 0 saturated heterocycles. The van der Waals surface area contributed by atoms with Crippen LogP contribution in [0.15, 0.2) is 66.7 Å². The Hall–Kier alpha value is -3.60. The van der Waals surface area contributed by atoms with Gasteiger partial charge >= 0.3 is 0 Å². The van der Waals surface area contributed by atoms with Gasteiger partial charge in [0.1, 0.15) is 0 Å². The lowest BCUT2D eigenvalue weighted by Gasteiger charge is -2.32. The molecular weight excluding hydrogens is 410 g/mol. The number of benzene rings is 3. The number of hydrogen-bond donors (Lipinski definition) is 2. The number of amides is 2. The molecule has 0 aromatic heterocycles. The van der Waals surface area contributed by atoms with Crippen LogP contribution < -0.4 is 15.5 Å². The normalized spacial score (nSPS) is 13.7. The molecule has 1 aliphatic rings. The number of fused-ring (bicyclic) bond motifs is 1. The molecule has 0 bridgehead atoms. The number of carbonyl (C=O) groups is 2. The summed E-state index contributed by atoms with van der Waals surface area (Å²) in [6.07, 6.45) is 1.79. The van der Waals surface area contributed by atoms with Crippen molar-refractivity contribution in [2.75, 3.05) is 16.8 Å². The van der Waals surface area contributed by atoms with Crippen LogP contribution in [0.2, 0.25) is 0 Å². The van der Waals surface area contributed by atoms with Crippen molar-refractivity contribution in [2.24, 2.45) is 0 Å². The Labute approximate surface area is 195 Å². The van der Waals surface area contributed by atoms with Gasteiger partial charge in [-0.25, -0.2) is 0 Å². The SMILES string of the molecule is CCC(C)NC(=O)c1cc(NC(=O)c2ccc(C)cc2)ccc1N1CCc2ccccc2C1. The molecule has 3 aromatic carbocycles. The number of rotatable bonds is 6. The zero-order chi connectivity index (χ0) is 23.4. The Kier molecular flexibility index (Phi) is 6.78. The van der Waals surface area contributed by atoms with Crippen LogP contribution >= 0.6 is 0 Å². The summed E-state index contributed by atoms with van der Waals surface area (Å²) >= 11 is 0. The number of anilines is 2. The lowest BCUT2D eigenvalue weighted by atomic mass is 9.98. The number of hydrogen-bond acceptors (Lipinski definition) is 3. The number of nitrogens with zero attached hydrogens (tertiary/aromatic N) is 1. The molecule has 1 unspecified atom stereocenters.